The molecule has 0 aromatic carbocycles. The number of allylic oxidation sites excluding steroid dienone is 2. The highest BCUT2D eigenvalue weighted by Crippen LogP contribution is 2.24. The van der Waals surface area contributed by atoms with E-state index in [9.17, 15) is 15.3 Å². The van der Waals surface area contributed by atoms with Crippen LogP contribution in [0, 0.1) is 11.3 Å². The average molecular weight is 259 g/mol. The minimum Gasteiger partial charge on any atom is -0.452 e. The Kier molecular flexibility index (Phi) is 5.07. The first-order chi connectivity index (χ1) is 8.42. The molecule has 1 aliphatic heterocycles. The summed E-state index contributed by atoms with van der Waals surface area (Å²) in [6.45, 7) is 2.74. The van der Waals surface area contributed by atoms with E-state index in [0.29, 0.717) is 5.57 Å². The van der Waals surface area contributed by atoms with Gasteiger partial charge in [-0.3, -0.25) is 0 Å². The summed E-state index contributed by atoms with van der Waals surface area (Å²) in [6, 6.07) is 1.79. The molecular weight excluding hydrogens is 242 g/mol. The zero-order valence-corrected chi connectivity index (χ0v) is 10.1. The minimum absolute atomic E-state index is 0.0423. The summed E-state index contributed by atoms with van der Waals surface area (Å²) < 4.78 is 10.2. The molecule has 0 unspecified atom stereocenters. The summed E-state index contributed by atoms with van der Waals surface area (Å²) in [5.74, 6) is -0.0423. The lowest BCUT2D eigenvalue weighted by Crippen LogP contribution is -2.59. The van der Waals surface area contributed by atoms with Crippen molar-refractivity contribution in [1.82, 2.24) is 0 Å². The zero-order valence-electron chi connectivity index (χ0n) is 10.1. The highest BCUT2D eigenvalue weighted by atomic mass is 16.7. The van der Waals surface area contributed by atoms with Crippen LogP contribution in [-0.2, 0) is 9.47 Å². The smallest absolute Gasteiger partial charge is 0.230 e. The van der Waals surface area contributed by atoms with Gasteiger partial charge in [0.25, 0.3) is 0 Å². The molecule has 7 nitrogen and oxygen atoms in total. The van der Waals surface area contributed by atoms with E-state index >= 15 is 0 Å². The monoisotopic (exact) mass is 259 g/mol. The van der Waals surface area contributed by atoms with Gasteiger partial charge in [0, 0.05) is 0 Å². The molecule has 102 valence electrons. The lowest BCUT2D eigenvalue weighted by atomic mass is 9.99. The van der Waals surface area contributed by atoms with Crippen molar-refractivity contribution in [3.05, 3.63) is 11.3 Å². The third kappa shape index (κ3) is 2.98. The van der Waals surface area contributed by atoms with Gasteiger partial charge in [-0.05, 0) is 19.4 Å². The number of hydrogen-bond acceptors (Lipinski definition) is 7. The maximum Gasteiger partial charge on any atom is 0.230 e. The van der Waals surface area contributed by atoms with Gasteiger partial charge in [-0.2, -0.15) is 5.26 Å². The molecule has 0 spiro atoms. The van der Waals surface area contributed by atoms with Crippen LogP contribution < -0.4 is 0 Å². The predicted molar refractivity (Wildman–Crippen MR) is 58.8 cm³/mol. The van der Waals surface area contributed by atoms with Crippen LogP contribution in [0.5, 0.6) is 0 Å². The summed E-state index contributed by atoms with van der Waals surface area (Å²) >= 11 is 0. The largest absolute Gasteiger partial charge is 0.452 e. The van der Waals surface area contributed by atoms with Crippen LogP contribution >= 0.6 is 0 Å². The van der Waals surface area contributed by atoms with Gasteiger partial charge in [-0.15, -0.1) is 0 Å². The molecule has 5 atom stereocenters. The van der Waals surface area contributed by atoms with Crippen LogP contribution in [0.4, 0.5) is 0 Å². The fourth-order valence-corrected chi connectivity index (χ4v) is 1.54. The molecule has 1 rings (SSSR count). The molecule has 1 heterocycles. The lowest BCUT2D eigenvalue weighted by Gasteiger charge is -2.39. The Labute approximate surface area is 104 Å². The third-order valence-electron chi connectivity index (χ3n) is 2.64. The molecule has 1 aliphatic rings. The van der Waals surface area contributed by atoms with Gasteiger partial charge in [-0.25, -0.2) is 0 Å². The van der Waals surface area contributed by atoms with Gasteiger partial charge in [0.1, 0.15) is 30.5 Å². The third-order valence-corrected chi connectivity index (χ3v) is 2.64. The number of aliphatic hydroxyl groups is 4. The molecule has 0 aliphatic carbocycles. The van der Waals surface area contributed by atoms with E-state index in [1.165, 1.54) is 0 Å². The zero-order chi connectivity index (χ0) is 13.9. The summed E-state index contributed by atoms with van der Waals surface area (Å²) in [6.07, 6.45) is -6.83. The maximum absolute atomic E-state index is 9.67. The molecule has 0 amide bonds. The van der Waals surface area contributed by atoms with Crippen molar-refractivity contribution < 1.29 is 29.9 Å². The van der Waals surface area contributed by atoms with Gasteiger partial charge in [0.15, 0.2) is 5.76 Å². The standard InChI is InChI=1S/C11H17NO6/c1-5(2)6(3-12)17-11-10(16)9(15)8(14)7(4-13)18-11/h7-11,13-16H,4H2,1-2H3/t7-,8-,9+,10-,11-/m1/s1. The number of aliphatic hydroxyl groups excluding tert-OH is 4. The van der Waals surface area contributed by atoms with Crippen molar-refractivity contribution in [2.45, 2.75) is 44.6 Å². The average Bonchev–Trinajstić information content (AvgIpc) is 2.35. The lowest BCUT2D eigenvalue weighted by molar-refractivity contribution is -0.290. The van der Waals surface area contributed by atoms with Gasteiger partial charge < -0.3 is 29.9 Å². The van der Waals surface area contributed by atoms with Gasteiger partial charge in [-0.1, -0.05) is 0 Å². The summed E-state index contributed by atoms with van der Waals surface area (Å²) in [5, 5.41) is 46.5. The number of ether oxygens (including phenoxy) is 2. The van der Waals surface area contributed by atoms with Crippen molar-refractivity contribution >= 4 is 0 Å². The van der Waals surface area contributed by atoms with Crippen LogP contribution in [0.15, 0.2) is 11.3 Å². The molecule has 4 N–H and O–H groups in total. The Balaban J connectivity index is 2.83. The quantitative estimate of drug-likeness (QED) is 0.364. The van der Waals surface area contributed by atoms with Crippen molar-refractivity contribution in [1.29, 1.82) is 5.26 Å². The van der Waals surface area contributed by atoms with Crippen LogP contribution in [0.2, 0.25) is 0 Å². The van der Waals surface area contributed by atoms with Crippen LogP contribution in [0.1, 0.15) is 13.8 Å². The van der Waals surface area contributed by atoms with Gasteiger partial charge >= 0.3 is 0 Å². The van der Waals surface area contributed by atoms with Gasteiger partial charge in [0.05, 0.1) is 6.61 Å². The number of nitriles is 1. The molecule has 0 aromatic rings. The molecule has 1 fully saturated rings. The van der Waals surface area contributed by atoms with Crippen LogP contribution in [-0.4, -0.2) is 57.7 Å². The molecular formula is C11H17NO6. The molecule has 0 saturated carbocycles. The summed E-state index contributed by atoms with van der Waals surface area (Å²) in [5.41, 5.74) is 0.578. The van der Waals surface area contributed by atoms with Crippen LogP contribution in [0.25, 0.3) is 0 Å². The topological polar surface area (TPSA) is 123 Å². The Morgan fingerprint density at radius 2 is 1.83 bits per heavy atom. The highest BCUT2D eigenvalue weighted by molar-refractivity contribution is 5.19. The van der Waals surface area contributed by atoms with Gasteiger partial charge in [0.2, 0.25) is 6.29 Å². The Hall–Kier alpha value is -1.17. The van der Waals surface area contributed by atoms with Crippen molar-refractivity contribution in [2.75, 3.05) is 6.61 Å². The second-order valence-electron chi connectivity index (χ2n) is 4.26. The Morgan fingerprint density at radius 1 is 1.22 bits per heavy atom. The second-order valence-corrected chi connectivity index (χ2v) is 4.26. The first kappa shape index (κ1) is 14.9. The van der Waals surface area contributed by atoms with Crippen molar-refractivity contribution in [3.63, 3.8) is 0 Å². The van der Waals surface area contributed by atoms with E-state index in [1.54, 1.807) is 19.9 Å². The van der Waals surface area contributed by atoms with Crippen molar-refractivity contribution in [2.24, 2.45) is 0 Å². The van der Waals surface area contributed by atoms with E-state index in [-0.39, 0.29) is 5.76 Å². The molecule has 1 saturated heterocycles. The van der Waals surface area contributed by atoms with E-state index in [0.717, 1.165) is 0 Å². The summed E-state index contributed by atoms with van der Waals surface area (Å²) in [7, 11) is 0. The molecule has 0 radical (unpaired) electrons. The van der Waals surface area contributed by atoms with E-state index < -0.39 is 37.3 Å². The molecule has 0 bridgehead atoms. The summed E-state index contributed by atoms with van der Waals surface area (Å²) in [4.78, 5) is 0. The normalized spacial score (nSPS) is 35.7. The highest BCUT2D eigenvalue weighted by Gasteiger charge is 2.44. The van der Waals surface area contributed by atoms with E-state index in [2.05, 4.69) is 0 Å². The fraction of sp³-hybridized carbons (Fsp3) is 0.727. The van der Waals surface area contributed by atoms with Crippen molar-refractivity contribution in [3.8, 4) is 6.07 Å². The van der Waals surface area contributed by atoms with E-state index in [4.69, 9.17) is 19.8 Å². The van der Waals surface area contributed by atoms with E-state index in [1.807, 2.05) is 0 Å². The fourth-order valence-electron chi connectivity index (χ4n) is 1.54. The Bertz CT molecular complexity index is 357. The first-order valence-corrected chi connectivity index (χ1v) is 5.47. The SMILES string of the molecule is CC(C)=C(C#N)O[C@@H]1O[C@H](CO)[C@@H](O)[C@H](O)[C@H]1O. The molecule has 0 aromatic heterocycles. The number of rotatable bonds is 3. The predicted octanol–water partition coefficient (Wildman–Crippen LogP) is -1.38. The first-order valence-electron chi connectivity index (χ1n) is 5.47. The molecule has 18 heavy (non-hydrogen) atoms. The molecule has 7 heteroatoms. The minimum atomic E-state index is -1.52. The number of hydrogen-bond donors (Lipinski definition) is 4. The van der Waals surface area contributed by atoms with Crippen LogP contribution in [0.3, 0.4) is 0 Å². The second kappa shape index (κ2) is 6.13. The number of nitrogens with zero attached hydrogens (tertiary/aromatic N) is 1. The maximum atomic E-state index is 9.67. The Morgan fingerprint density at radius 3 is 2.28 bits per heavy atom.